The van der Waals surface area contributed by atoms with Crippen molar-refractivity contribution in [2.75, 3.05) is 0 Å². The molecular weight excluding hydrogens is 140 g/mol. The molecule has 0 amide bonds. The number of carbonyl (C=O) groups excluding carboxylic acids is 2. The van der Waals surface area contributed by atoms with Crippen LogP contribution in [0.1, 0.15) is 27.2 Å². The molecule has 0 rings (SSSR count). The number of ketones is 2. The number of allylic oxidation sites excluding steroid dienone is 1. The topological polar surface area (TPSA) is 34.1 Å². The average molecular weight is 154 g/mol. The smallest absolute Gasteiger partial charge is 0.143 e. The van der Waals surface area contributed by atoms with Gasteiger partial charge in [-0.25, -0.2) is 0 Å². The highest BCUT2D eigenvalue weighted by Crippen LogP contribution is 2.23. The van der Waals surface area contributed by atoms with Crippen molar-refractivity contribution in [3.63, 3.8) is 0 Å². The van der Waals surface area contributed by atoms with Crippen molar-refractivity contribution in [3.8, 4) is 0 Å². The van der Waals surface area contributed by atoms with E-state index >= 15 is 0 Å². The summed E-state index contributed by atoms with van der Waals surface area (Å²) < 4.78 is 0. The Morgan fingerprint density at radius 1 is 1.36 bits per heavy atom. The van der Waals surface area contributed by atoms with Crippen LogP contribution in [0.15, 0.2) is 12.7 Å². The van der Waals surface area contributed by atoms with Gasteiger partial charge in [0.25, 0.3) is 0 Å². The highest BCUT2D eigenvalue weighted by Gasteiger charge is 2.33. The van der Waals surface area contributed by atoms with Crippen LogP contribution in [0.5, 0.6) is 0 Å². The number of carbonyl (C=O) groups is 2. The molecule has 0 saturated carbocycles. The fourth-order valence-electron chi connectivity index (χ4n) is 0.824. The lowest BCUT2D eigenvalue weighted by Gasteiger charge is -2.20. The zero-order chi connectivity index (χ0) is 9.07. The maximum absolute atomic E-state index is 11.0. The number of hydrogen-bond acceptors (Lipinski definition) is 2. The summed E-state index contributed by atoms with van der Waals surface area (Å²) >= 11 is 0. The highest BCUT2D eigenvalue weighted by atomic mass is 16.2. The van der Waals surface area contributed by atoms with Crippen LogP contribution in [0.25, 0.3) is 0 Å². The third-order valence-corrected chi connectivity index (χ3v) is 2.11. The molecule has 0 unspecified atom stereocenters. The molecule has 0 atom stereocenters. The molecule has 0 N–H and O–H groups in total. The Bertz CT molecular complexity index is 178. The van der Waals surface area contributed by atoms with E-state index in [0.717, 1.165) is 0 Å². The minimum atomic E-state index is -0.845. The van der Waals surface area contributed by atoms with Crippen LogP contribution in [-0.2, 0) is 9.59 Å². The first-order valence-electron chi connectivity index (χ1n) is 3.58. The number of rotatable bonds is 4. The zero-order valence-electron chi connectivity index (χ0n) is 7.31. The van der Waals surface area contributed by atoms with Gasteiger partial charge in [0.05, 0.1) is 5.41 Å². The molecule has 2 nitrogen and oxygen atoms in total. The Morgan fingerprint density at radius 2 is 1.73 bits per heavy atom. The number of Topliss-reactive ketones (excluding diaryl/α,β-unsaturated/α-hetero) is 2. The maximum Gasteiger partial charge on any atom is 0.143 e. The molecule has 0 aliphatic carbocycles. The summed E-state index contributed by atoms with van der Waals surface area (Å²) in [4.78, 5) is 22.1. The standard InChI is InChI=1S/C9H14O2/c1-5-6-9(4,7(2)10)8(3)11/h5H,1,6H2,2-4H3. The first-order valence-corrected chi connectivity index (χ1v) is 3.58. The van der Waals surface area contributed by atoms with Crippen molar-refractivity contribution in [1.82, 2.24) is 0 Å². The molecule has 0 spiro atoms. The van der Waals surface area contributed by atoms with Gasteiger partial charge in [-0.1, -0.05) is 6.08 Å². The van der Waals surface area contributed by atoms with E-state index in [9.17, 15) is 9.59 Å². The molecule has 0 fully saturated rings. The molecule has 0 aromatic carbocycles. The summed E-state index contributed by atoms with van der Waals surface area (Å²) in [5, 5.41) is 0. The second kappa shape index (κ2) is 3.46. The van der Waals surface area contributed by atoms with Gasteiger partial charge in [-0.2, -0.15) is 0 Å². The van der Waals surface area contributed by atoms with E-state index in [0.29, 0.717) is 6.42 Å². The van der Waals surface area contributed by atoms with Gasteiger partial charge in [0, 0.05) is 0 Å². The monoisotopic (exact) mass is 154 g/mol. The SMILES string of the molecule is C=CCC(C)(C(C)=O)C(C)=O. The normalized spacial score (nSPS) is 10.8. The van der Waals surface area contributed by atoms with E-state index in [-0.39, 0.29) is 11.6 Å². The Kier molecular flexibility index (Phi) is 3.18. The van der Waals surface area contributed by atoms with Gasteiger partial charge >= 0.3 is 0 Å². The van der Waals surface area contributed by atoms with Crippen LogP contribution < -0.4 is 0 Å². The first-order chi connectivity index (χ1) is 4.95. The molecule has 0 aromatic rings. The van der Waals surface area contributed by atoms with Crippen LogP contribution in [0.4, 0.5) is 0 Å². The Morgan fingerprint density at radius 3 is 1.82 bits per heavy atom. The summed E-state index contributed by atoms with van der Waals surface area (Å²) in [6, 6.07) is 0. The van der Waals surface area contributed by atoms with Crippen molar-refractivity contribution >= 4 is 11.6 Å². The van der Waals surface area contributed by atoms with Gasteiger partial charge in [0.2, 0.25) is 0 Å². The van der Waals surface area contributed by atoms with Gasteiger partial charge < -0.3 is 0 Å². The Hall–Kier alpha value is -0.920. The lowest BCUT2D eigenvalue weighted by molar-refractivity contribution is -0.137. The van der Waals surface area contributed by atoms with E-state index < -0.39 is 5.41 Å². The van der Waals surface area contributed by atoms with Crippen molar-refractivity contribution in [3.05, 3.63) is 12.7 Å². The largest absolute Gasteiger partial charge is 0.299 e. The van der Waals surface area contributed by atoms with Gasteiger partial charge in [0.15, 0.2) is 0 Å². The molecule has 0 bridgehead atoms. The summed E-state index contributed by atoms with van der Waals surface area (Å²) in [6.07, 6.45) is 2.03. The van der Waals surface area contributed by atoms with Gasteiger partial charge in [-0.05, 0) is 27.2 Å². The first kappa shape index (κ1) is 10.1. The van der Waals surface area contributed by atoms with Crippen molar-refractivity contribution in [1.29, 1.82) is 0 Å². The lowest BCUT2D eigenvalue weighted by atomic mass is 9.79. The van der Waals surface area contributed by atoms with E-state index in [1.807, 2.05) is 0 Å². The van der Waals surface area contributed by atoms with Crippen molar-refractivity contribution in [2.24, 2.45) is 5.41 Å². The quantitative estimate of drug-likeness (QED) is 0.456. The van der Waals surface area contributed by atoms with Gasteiger partial charge in [-0.3, -0.25) is 9.59 Å². The summed E-state index contributed by atoms with van der Waals surface area (Å²) in [6.45, 7) is 8.03. The Labute approximate surface area is 67.3 Å². The minimum absolute atomic E-state index is 0.0927. The van der Waals surface area contributed by atoms with Gasteiger partial charge in [0.1, 0.15) is 11.6 Å². The predicted octanol–water partition coefficient (Wildman–Crippen LogP) is 1.75. The molecule has 0 aliphatic heterocycles. The number of hydrogen-bond donors (Lipinski definition) is 0. The average Bonchev–Trinajstić information content (AvgIpc) is 1.87. The van der Waals surface area contributed by atoms with Crippen LogP contribution in [-0.4, -0.2) is 11.6 Å². The molecule has 0 radical (unpaired) electrons. The van der Waals surface area contributed by atoms with Crippen molar-refractivity contribution in [2.45, 2.75) is 27.2 Å². The van der Waals surface area contributed by atoms with Crippen LogP contribution in [0.3, 0.4) is 0 Å². The molecule has 0 aliphatic rings. The summed E-state index contributed by atoms with van der Waals surface area (Å²) in [5.74, 6) is -0.185. The second-order valence-electron chi connectivity index (χ2n) is 2.94. The predicted molar refractivity (Wildman–Crippen MR) is 44.3 cm³/mol. The summed E-state index contributed by atoms with van der Waals surface area (Å²) in [5.41, 5.74) is -0.845. The molecule has 11 heavy (non-hydrogen) atoms. The fraction of sp³-hybridized carbons (Fsp3) is 0.556. The zero-order valence-corrected chi connectivity index (χ0v) is 7.31. The van der Waals surface area contributed by atoms with Gasteiger partial charge in [-0.15, -0.1) is 6.58 Å². The Balaban J connectivity index is 4.65. The molecule has 62 valence electrons. The molecule has 0 saturated heterocycles. The minimum Gasteiger partial charge on any atom is -0.299 e. The lowest BCUT2D eigenvalue weighted by Crippen LogP contribution is -2.32. The molecular formula is C9H14O2. The summed E-state index contributed by atoms with van der Waals surface area (Å²) in [7, 11) is 0. The van der Waals surface area contributed by atoms with Crippen LogP contribution >= 0.6 is 0 Å². The highest BCUT2D eigenvalue weighted by molar-refractivity contribution is 6.04. The van der Waals surface area contributed by atoms with Crippen LogP contribution in [0.2, 0.25) is 0 Å². The molecule has 2 heteroatoms. The van der Waals surface area contributed by atoms with Crippen molar-refractivity contribution < 1.29 is 9.59 Å². The third-order valence-electron chi connectivity index (χ3n) is 2.11. The van der Waals surface area contributed by atoms with Crippen LogP contribution in [0, 0.1) is 5.41 Å². The second-order valence-corrected chi connectivity index (χ2v) is 2.94. The third kappa shape index (κ3) is 2.00. The van der Waals surface area contributed by atoms with E-state index in [1.165, 1.54) is 13.8 Å². The maximum atomic E-state index is 11.0. The molecule has 0 heterocycles. The molecule has 0 aromatic heterocycles. The fourth-order valence-corrected chi connectivity index (χ4v) is 0.824. The van der Waals surface area contributed by atoms with E-state index in [1.54, 1.807) is 13.0 Å². The van der Waals surface area contributed by atoms with E-state index in [2.05, 4.69) is 6.58 Å². The van der Waals surface area contributed by atoms with E-state index in [4.69, 9.17) is 0 Å².